The molecule has 0 fully saturated rings. The highest BCUT2D eigenvalue weighted by molar-refractivity contribution is 6.31. The van der Waals surface area contributed by atoms with Gasteiger partial charge in [0.2, 0.25) is 0 Å². The Morgan fingerprint density at radius 1 is 1.18 bits per heavy atom. The molecule has 1 N–H and O–H groups in total. The standard InChI is InChI=1S/C13H20ClNO2/c1-5-16-12-7-10(9(3)15-4)11(14)8-13(12)17-6-2/h7-9,15H,5-6H2,1-4H3. The summed E-state index contributed by atoms with van der Waals surface area (Å²) in [4.78, 5) is 0. The van der Waals surface area contributed by atoms with Crippen LogP contribution in [-0.4, -0.2) is 20.3 Å². The van der Waals surface area contributed by atoms with Gasteiger partial charge in [0.05, 0.1) is 13.2 Å². The molecule has 1 aromatic carbocycles. The molecule has 0 aliphatic heterocycles. The fourth-order valence-electron chi connectivity index (χ4n) is 1.57. The van der Waals surface area contributed by atoms with Crippen molar-refractivity contribution in [3.05, 3.63) is 22.7 Å². The zero-order chi connectivity index (χ0) is 12.8. The predicted octanol–water partition coefficient (Wildman–Crippen LogP) is 3.42. The molecule has 0 bridgehead atoms. The van der Waals surface area contributed by atoms with Crippen molar-refractivity contribution < 1.29 is 9.47 Å². The third kappa shape index (κ3) is 3.51. The van der Waals surface area contributed by atoms with Crippen molar-refractivity contribution in [2.45, 2.75) is 26.8 Å². The first-order valence-electron chi connectivity index (χ1n) is 5.90. The molecular formula is C13H20ClNO2. The predicted molar refractivity (Wildman–Crippen MR) is 71.3 cm³/mol. The minimum atomic E-state index is 0.178. The smallest absolute Gasteiger partial charge is 0.162 e. The molecule has 96 valence electrons. The van der Waals surface area contributed by atoms with Crippen LogP contribution in [0.15, 0.2) is 12.1 Å². The normalized spacial score (nSPS) is 12.3. The Kier molecular flexibility index (Phi) is 5.59. The summed E-state index contributed by atoms with van der Waals surface area (Å²) < 4.78 is 11.1. The Morgan fingerprint density at radius 3 is 2.18 bits per heavy atom. The molecule has 1 unspecified atom stereocenters. The van der Waals surface area contributed by atoms with E-state index in [1.807, 2.05) is 33.0 Å². The second-order valence-electron chi connectivity index (χ2n) is 3.70. The maximum absolute atomic E-state index is 6.24. The van der Waals surface area contributed by atoms with E-state index in [1.165, 1.54) is 0 Å². The number of ether oxygens (including phenoxy) is 2. The molecule has 1 rings (SSSR count). The van der Waals surface area contributed by atoms with Gasteiger partial charge in [-0.1, -0.05) is 11.6 Å². The molecule has 4 heteroatoms. The first-order valence-corrected chi connectivity index (χ1v) is 6.28. The molecule has 1 atom stereocenters. The number of benzene rings is 1. The van der Waals surface area contributed by atoms with E-state index in [-0.39, 0.29) is 6.04 Å². The van der Waals surface area contributed by atoms with E-state index in [4.69, 9.17) is 21.1 Å². The molecule has 0 aliphatic rings. The van der Waals surface area contributed by atoms with Crippen LogP contribution < -0.4 is 14.8 Å². The Hall–Kier alpha value is -0.930. The van der Waals surface area contributed by atoms with Gasteiger partial charge in [-0.15, -0.1) is 0 Å². The van der Waals surface area contributed by atoms with Crippen LogP contribution in [0, 0.1) is 0 Å². The van der Waals surface area contributed by atoms with E-state index in [2.05, 4.69) is 12.2 Å². The van der Waals surface area contributed by atoms with Gasteiger partial charge in [-0.05, 0) is 39.4 Å². The van der Waals surface area contributed by atoms with Crippen LogP contribution in [0.3, 0.4) is 0 Å². The van der Waals surface area contributed by atoms with E-state index >= 15 is 0 Å². The highest BCUT2D eigenvalue weighted by Crippen LogP contribution is 2.36. The van der Waals surface area contributed by atoms with Crippen LogP contribution in [0.25, 0.3) is 0 Å². The Balaban J connectivity index is 3.14. The largest absolute Gasteiger partial charge is 0.490 e. The first-order chi connectivity index (χ1) is 8.13. The van der Waals surface area contributed by atoms with Crippen molar-refractivity contribution in [2.75, 3.05) is 20.3 Å². The first kappa shape index (κ1) is 14.1. The van der Waals surface area contributed by atoms with Crippen molar-refractivity contribution in [1.29, 1.82) is 0 Å². The SMILES string of the molecule is CCOc1cc(Cl)c(C(C)NC)cc1OCC. The van der Waals surface area contributed by atoms with Gasteiger partial charge in [-0.25, -0.2) is 0 Å². The van der Waals surface area contributed by atoms with Crippen LogP contribution >= 0.6 is 11.6 Å². The second kappa shape index (κ2) is 6.72. The van der Waals surface area contributed by atoms with Crippen molar-refractivity contribution in [3.8, 4) is 11.5 Å². The van der Waals surface area contributed by atoms with Crippen molar-refractivity contribution >= 4 is 11.6 Å². The third-order valence-corrected chi connectivity index (χ3v) is 2.89. The highest BCUT2D eigenvalue weighted by atomic mass is 35.5. The number of halogens is 1. The summed E-state index contributed by atoms with van der Waals surface area (Å²) >= 11 is 6.24. The summed E-state index contributed by atoms with van der Waals surface area (Å²) in [7, 11) is 1.90. The lowest BCUT2D eigenvalue weighted by atomic mass is 10.1. The van der Waals surface area contributed by atoms with Gasteiger partial charge >= 0.3 is 0 Å². The number of hydrogen-bond acceptors (Lipinski definition) is 3. The van der Waals surface area contributed by atoms with Gasteiger partial charge in [0.25, 0.3) is 0 Å². The van der Waals surface area contributed by atoms with Crippen molar-refractivity contribution in [3.63, 3.8) is 0 Å². The molecule has 17 heavy (non-hydrogen) atoms. The van der Waals surface area contributed by atoms with Gasteiger partial charge in [-0.3, -0.25) is 0 Å². The average Bonchev–Trinajstić information content (AvgIpc) is 2.32. The second-order valence-corrected chi connectivity index (χ2v) is 4.10. The Morgan fingerprint density at radius 2 is 1.71 bits per heavy atom. The van der Waals surface area contributed by atoms with Crippen molar-refractivity contribution in [2.24, 2.45) is 0 Å². The minimum absolute atomic E-state index is 0.178. The molecule has 1 aromatic rings. The summed E-state index contributed by atoms with van der Waals surface area (Å²) in [5, 5.41) is 3.86. The number of rotatable bonds is 6. The number of hydrogen-bond donors (Lipinski definition) is 1. The van der Waals surface area contributed by atoms with Gasteiger partial charge < -0.3 is 14.8 Å². The molecule has 0 heterocycles. The maximum Gasteiger partial charge on any atom is 0.162 e. The monoisotopic (exact) mass is 257 g/mol. The van der Waals surface area contributed by atoms with Crippen molar-refractivity contribution in [1.82, 2.24) is 5.32 Å². The van der Waals surface area contributed by atoms with E-state index in [9.17, 15) is 0 Å². The Labute approximate surface area is 108 Å². The summed E-state index contributed by atoms with van der Waals surface area (Å²) in [6.07, 6.45) is 0. The molecule has 3 nitrogen and oxygen atoms in total. The lowest BCUT2D eigenvalue weighted by Gasteiger charge is -2.17. The zero-order valence-electron chi connectivity index (χ0n) is 10.8. The summed E-state index contributed by atoms with van der Waals surface area (Å²) in [5.41, 5.74) is 1.01. The fraction of sp³-hybridized carbons (Fsp3) is 0.538. The van der Waals surface area contributed by atoms with E-state index in [0.29, 0.717) is 24.0 Å². The molecule has 0 aliphatic carbocycles. The van der Waals surface area contributed by atoms with Crippen LogP contribution in [0.2, 0.25) is 5.02 Å². The summed E-state index contributed by atoms with van der Waals surface area (Å²) in [6.45, 7) is 7.14. The lowest BCUT2D eigenvalue weighted by Crippen LogP contribution is -2.13. The quantitative estimate of drug-likeness (QED) is 0.847. The topological polar surface area (TPSA) is 30.5 Å². The molecule has 0 spiro atoms. The van der Waals surface area contributed by atoms with Gasteiger partial charge in [0.15, 0.2) is 11.5 Å². The van der Waals surface area contributed by atoms with E-state index in [1.54, 1.807) is 0 Å². The zero-order valence-corrected chi connectivity index (χ0v) is 11.6. The molecule has 0 radical (unpaired) electrons. The van der Waals surface area contributed by atoms with Gasteiger partial charge in [0.1, 0.15) is 0 Å². The molecule has 0 saturated carbocycles. The van der Waals surface area contributed by atoms with Gasteiger partial charge in [0, 0.05) is 17.1 Å². The Bertz CT molecular complexity index is 369. The molecule has 0 saturated heterocycles. The molecular weight excluding hydrogens is 238 g/mol. The van der Waals surface area contributed by atoms with Crippen LogP contribution in [0.1, 0.15) is 32.4 Å². The molecule has 0 aromatic heterocycles. The van der Waals surface area contributed by atoms with Crippen LogP contribution in [-0.2, 0) is 0 Å². The highest BCUT2D eigenvalue weighted by Gasteiger charge is 2.14. The summed E-state index contributed by atoms with van der Waals surface area (Å²) in [6, 6.07) is 3.94. The minimum Gasteiger partial charge on any atom is -0.490 e. The third-order valence-electron chi connectivity index (χ3n) is 2.56. The van der Waals surface area contributed by atoms with Crippen LogP contribution in [0.4, 0.5) is 0 Å². The molecule has 0 amide bonds. The van der Waals surface area contributed by atoms with E-state index in [0.717, 1.165) is 11.3 Å². The van der Waals surface area contributed by atoms with Crippen LogP contribution in [0.5, 0.6) is 11.5 Å². The maximum atomic E-state index is 6.24. The average molecular weight is 258 g/mol. The van der Waals surface area contributed by atoms with E-state index < -0.39 is 0 Å². The fourth-order valence-corrected chi connectivity index (χ4v) is 1.89. The number of nitrogens with one attached hydrogen (secondary N) is 1. The van der Waals surface area contributed by atoms with Gasteiger partial charge in [-0.2, -0.15) is 0 Å². The lowest BCUT2D eigenvalue weighted by molar-refractivity contribution is 0.287. The summed E-state index contributed by atoms with van der Waals surface area (Å²) in [5.74, 6) is 1.45.